The maximum atomic E-state index is 14.4. The molecule has 0 bridgehead atoms. The summed E-state index contributed by atoms with van der Waals surface area (Å²) >= 11 is 12.2. The summed E-state index contributed by atoms with van der Waals surface area (Å²) in [6, 6.07) is 42.3. The summed E-state index contributed by atoms with van der Waals surface area (Å²) in [5, 5.41) is 10.9. The maximum Gasteiger partial charge on any atom is 0.333 e. The topological polar surface area (TPSA) is 241 Å². The summed E-state index contributed by atoms with van der Waals surface area (Å²) in [5.41, 5.74) is 19.9. The number of amides is 2. The van der Waals surface area contributed by atoms with Crippen LogP contribution in [0.2, 0.25) is 10.0 Å². The molecule has 20 heteroatoms. The number of sulfonamides is 2. The van der Waals surface area contributed by atoms with E-state index in [1.54, 1.807) is 123 Å². The SMILES string of the molecule is Cc1ccccc1S(=O)(=O)N1C(c2ccc(Cl)cc2)C(C(=O)O)=C[C@H]1C(C)(C)C.Cc1ccccc1S(=O)(=O)N1[C@@H](c2ccc(Cl)cc2)C(C(=O)C[C@@H](Cc2ccccc2)C(N)=O)=C[C@H]1C(C)(C)C.NC(=O)[C@@H](N)Cc1ccccc1.[3H][B].[U]. The fraction of sp³-hybridized carbons (Fsp3) is 0.302. The van der Waals surface area contributed by atoms with Crippen LogP contribution in [0.5, 0.6) is 0 Å². The number of halogens is 2. The summed E-state index contributed by atoms with van der Waals surface area (Å²) in [5.74, 6) is -3.22. The zero-order valence-corrected chi connectivity index (χ0v) is 55.0. The van der Waals surface area contributed by atoms with Crippen LogP contribution in [-0.4, -0.2) is 82.0 Å². The van der Waals surface area contributed by atoms with E-state index >= 15 is 0 Å². The molecule has 1 unspecified atom stereocenters. The van der Waals surface area contributed by atoms with Crippen molar-refractivity contribution in [2.75, 3.05) is 0 Å². The third-order valence-corrected chi connectivity index (χ3v) is 18.7. The molecular formula is C63H72BCl2N5O9S2U. The van der Waals surface area contributed by atoms with E-state index in [-0.39, 0.29) is 58.7 Å². The van der Waals surface area contributed by atoms with Crippen molar-refractivity contribution in [2.24, 2.45) is 33.9 Å². The van der Waals surface area contributed by atoms with E-state index in [1.807, 2.05) is 102 Å². The first-order chi connectivity index (χ1) is 38.9. The second-order valence-electron chi connectivity index (χ2n) is 22.4. The third kappa shape index (κ3) is 17.3. The van der Waals surface area contributed by atoms with Crippen molar-refractivity contribution in [3.8, 4) is 0 Å². The van der Waals surface area contributed by atoms with Crippen molar-refractivity contribution in [3.05, 3.63) is 224 Å². The number of Topliss-reactive ketones (excluding diaryl/α,β-unsaturated/α-hetero) is 1. The number of rotatable bonds is 16. The predicted molar refractivity (Wildman–Crippen MR) is 326 cm³/mol. The molecule has 7 N–H and O–H groups in total. The molecule has 2 radical (unpaired) electrons. The minimum atomic E-state index is -4.06. The quantitative estimate of drug-likeness (QED) is 0.0668. The van der Waals surface area contributed by atoms with Gasteiger partial charge in [-0.25, -0.2) is 21.6 Å². The first-order valence-corrected chi connectivity index (χ1v) is 29.9. The van der Waals surface area contributed by atoms with Gasteiger partial charge < -0.3 is 22.3 Å². The number of aliphatic carboxylic acids is 1. The third-order valence-electron chi connectivity index (χ3n) is 14.2. The molecule has 83 heavy (non-hydrogen) atoms. The Kier molecular flexibility index (Phi) is 24.2. The molecule has 6 aromatic carbocycles. The number of carboxylic acid groups (broad SMARTS) is 1. The van der Waals surface area contributed by atoms with Crippen LogP contribution in [0.3, 0.4) is 0 Å². The molecule has 8 rings (SSSR count). The van der Waals surface area contributed by atoms with E-state index in [9.17, 15) is 41.1 Å². The summed E-state index contributed by atoms with van der Waals surface area (Å²) in [6.45, 7) is 15.0. The number of primary amides is 2. The molecule has 0 saturated carbocycles. The van der Waals surface area contributed by atoms with Gasteiger partial charge in [-0.15, -0.1) is 0 Å². The average molecular weight is 1430 g/mol. The van der Waals surface area contributed by atoms with Gasteiger partial charge in [-0.2, -0.15) is 8.61 Å². The van der Waals surface area contributed by atoms with Gasteiger partial charge in [-0.1, -0.05) is 198 Å². The van der Waals surface area contributed by atoms with Crippen LogP contribution in [0.15, 0.2) is 191 Å². The molecule has 2 amide bonds. The molecule has 2 aliphatic heterocycles. The van der Waals surface area contributed by atoms with Crippen LogP contribution < -0.4 is 17.2 Å². The molecule has 2 aliphatic rings. The summed E-state index contributed by atoms with van der Waals surface area (Å²) in [6.07, 6.45) is 4.02. The number of nitrogens with two attached hydrogens (primary N) is 3. The number of aryl methyl sites for hydroxylation is 2. The number of ketones is 1. The van der Waals surface area contributed by atoms with Crippen LogP contribution >= 0.6 is 23.2 Å². The van der Waals surface area contributed by atoms with Gasteiger partial charge in [0.1, 0.15) is 0 Å². The molecule has 0 aromatic heterocycles. The number of hydrogen-bond donors (Lipinski definition) is 4. The first-order valence-electron chi connectivity index (χ1n) is 26.8. The van der Waals surface area contributed by atoms with Crippen molar-refractivity contribution >= 4 is 75.2 Å². The van der Waals surface area contributed by atoms with Crippen LogP contribution in [0.25, 0.3) is 0 Å². The van der Waals surface area contributed by atoms with Gasteiger partial charge in [-0.05, 0) is 109 Å². The minimum absolute atomic E-state index is 0. The zero-order chi connectivity index (χ0) is 61.8. The fourth-order valence-corrected chi connectivity index (χ4v) is 14.4. The summed E-state index contributed by atoms with van der Waals surface area (Å²) in [4.78, 5) is 49.5. The van der Waals surface area contributed by atoms with Gasteiger partial charge in [0, 0.05) is 79.5 Å². The molecule has 2 heterocycles. The minimum Gasteiger partial charge on any atom is -0.478 e. The number of benzene rings is 6. The number of carboxylic acids is 1. The van der Waals surface area contributed by atoms with E-state index in [4.69, 9.17) is 41.7 Å². The van der Waals surface area contributed by atoms with E-state index in [2.05, 4.69) is 8.38 Å². The largest absolute Gasteiger partial charge is 0.478 e. The monoisotopic (exact) mass is 1430 g/mol. The van der Waals surface area contributed by atoms with Gasteiger partial charge in [0.2, 0.25) is 31.9 Å². The molecule has 6 aromatic rings. The second-order valence-corrected chi connectivity index (χ2v) is 26.9. The van der Waals surface area contributed by atoms with Crippen LogP contribution in [0.4, 0.5) is 0 Å². The molecular weight excluding hydrogens is 1350 g/mol. The Morgan fingerprint density at radius 3 is 1.27 bits per heavy atom. The number of hydrogen-bond acceptors (Lipinski definition) is 9. The average Bonchev–Trinajstić information content (AvgIpc) is 1.67. The Morgan fingerprint density at radius 2 is 0.916 bits per heavy atom. The maximum absolute atomic E-state index is 14.4. The van der Waals surface area contributed by atoms with E-state index in [0.717, 1.165) is 11.1 Å². The Labute approximate surface area is 526 Å². The van der Waals surface area contributed by atoms with Gasteiger partial charge in [-0.3, -0.25) is 14.4 Å². The molecule has 0 aliphatic carbocycles. The second kappa shape index (κ2) is 29.4. The molecule has 0 fully saturated rings. The molecule has 14 nitrogen and oxygen atoms in total. The van der Waals surface area contributed by atoms with Crippen molar-refractivity contribution in [1.82, 2.24) is 8.61 Å². The van der Waals surface area contributed by atoms with Crippen LogP contribution in [0, 0.1) is 61.7 Å². The number of carbonyl (C=O) groups excluding carboxylic acids is 3. The summed E-state index contributed by atoms with van der Waals surface area (Å²) < 4.78 is 64.4. The Balaban J connectivity index is 0.000000299. The molecule has 0 saturated heterocycles. The zero-order valence-electron chi connectivity index (χ0n) is 48.7. The van der Waals surface area contributed by atoms with Crippen molar-refractivity contribution in [1.29, 1.82) is 1.34 Å². The molecule has 6 atom stereocenters. The first kappa shape index (κ1) is 68.1. The van der Waals surface area contributed by atoms with Gasteiger partial charge in [0.25, 0.3) is 0 Å². The number of carbonyl (C=O) groups is 4. The molecule has 436 valence electrons. The standard InChI is InChI=1S/C32H35ClN2O4S.C22H24ClNO4S.C9H12N2O.BH.U/c1-21-10-8-9-13-28(21)40(38,39)35-29(32(2,3)4)20-26(30(35)23-14-16-25(33)17-15-23)27(36)19-24(31(34)37)18-22-11-6-5-7-12-22;1-14-7-5-6-8-18(14)29(27,28)24-19(22(2,3)4)13-17(21(25)26)20(24)15-9-11-16(23)12-10-15;10-8(9(11)12)6-7-4-2-1-3-5-7;;/h5-17,20,24,29-30H,18-19H2,1-4H3,(H2,34,37);5-13,19-20H,1-4H3,(H,25,26);1-5,8H,6,10H2,(H2,11,12);1H;/t24-,29+,30+;19-,20?;8-;;/m100../s1/i;;;1T;. The summed E-state index contributed by atoms with van der Waals surface area (Å²) in [7, 11) is -4.31. The normalized spacial score (nSPS) is 18.1. The van der Waals surface area contributed by atoms with E-state index < -0.39 is 84.8 Å². The van der Waals surface area contributed by atoms with Crippen molar-refractivity contribution in [3.63, 3.8) is 0 Å². The Bertz CT molecular complexity index is 3540. The van der Waals surface area contributed by atoms with Crippen molar-refractivity contribution in [2.45, 2.75) is 115 Å². The smallest absolute Gasteiger partial charge is 0.333 e. The van der Waals surface area contributed by atoms with E-state index in [1.165, 1.54) is 8.61 Å². The number of nitrogens with zero attached hydrogens (tertiary/aromatic N) is 2. The predicted octanol–water partition coefficient (Wildman–Crippen LogP) is 10.3. The van der Waals surface area contributed by atoms with E-state index in [0.29, 0.717) is 50.7 Å². The van der Waals surface area contributed by atoms with Gasteiger partial charge in [0.15, 0.2) is 5.78 Å². The van der Waals surface area contributed by atoms with Gasteiger partial charge >= 0.3 is 5.97 Å². The van der Waals surface area contributed by atoms with Crippen LogP contribution in [-0.2, 0) is 52.1 Å². The van der Waals surface area contributed by atoms with Crippen LogP contribution in [0.1, 0.15) is 93.4 Å². The Hall–Kier alpha value is -5.64. The Morgan fingerprint density at radius 1 is 0.566 bits per heavy atom. The fourth-order valence-electron chi connectivity index (χ4n) is 9.88. The molecule has 0 spiro atoms. The van der Waals surface area contributed by atoms with Crippen molar-refractivity contribution < 1.29 is 72.2 Å². The van der Waals surface area contributed by atoms with Gasteiger partial charge in [0.05, 0.1) is 33.5 Å².